The second-order valence-corrected chi connectivity index (χ2v) is 8.02. The molecule has 1 aliphatic rings. The van der Waals surface area contributed by atoms with Crippen LogP contribution in [0.25, 0.3) is 0 Å². The Hall–Kier alpha value is -3.44. The third-order valence-corrected chi connectivity index (χ3v) is 6.02. The van der Waals surface area contributed by atoms with E-state index in [-0.39, 0.29) is 18.5 Å². The number of benzene rings is 3. The third-order valence-electron chi connectivity index (χ3n) is 6.02. The van der Waals surface area contributed by atoms with Crippen molar-refractivity contribution >= 4 is 11.8 Å². The van der Waals surface area contributed by atoms with Crippen LogP contribution in [0.3, 0.4) is 0 Å². The summed E-state index contributed by atoms with van der Waals surface area (Å²) in [5, 5.41) is 0. The quantitative estimate of drug-likeness (QED) is 0.675. The predicted molar refractivity (Wildman–Crippen MR) is 121 cm³/mol. The van der Waals surface area contributed by atoms with E-state index in [1.807, 2.05) is 96.9 Å². The fourth-order valence-corrected chi connectivity index (χ4v) is 4.36. The van der Waals surface area contributed by atoms with E-state index >= 15 is 0 Å². The highest BCUT2D eigenvalue weighted by molar-refractivity contribution is 5.83. The molecule has 0 saturated heterocycles. The number of hydrogen-bond acceptors (Lipinski definition) is 3. The SMILES string of the molecule is CN(C(=O)CN1Cc2ccccc2C[C@H]1C(N)=O)C(c1ccccc1)c1ccccc1. The highest BCUT2D eigenvalue weighted by Gasteiger charge is 2.33. The van der Waals surface area contributed by atoms with Crippen molar-refractivity contribution in [3.05, 3.63) is 107 Å². The molecular formula is C26H27N3O2. The van der Waals surface area contributed by atoms with E-state index in [0.29, 0.717) is 13.0 Å². The molecule has 158 valence electrons. The lowest BCUT2D eigenvalue weighted by Gasteiger charge is -2.37. The molecule has 0 fully saturated rings. The van der Waals surface area contributed by atoms with Gasteiger partial charge in [0.15, 0.2) is 0 Å². The maximum atomic E-state index is 13.4. The molecule has 3 aromatic rings. The van der Waals surface area contributed by atoms with Crippen molar-refractivity contribution in [2.75, 3.05) is 13.6 Å². The summed E-state index contributed by atoms with van der Waals surface area (Å²) in [7, 11) is 1.82. The van der Waals surface area contributed by atoms with Crippen LogP contribution in [0.4, 0.5) is 0 Å². The van der Waals surface area contributed by atoms with Gasteiger partial charge in [-0.2, -0.15) is 0 Å². The average molecular weight is 414 g/mol. The number of amides is 2. The number of hydrogen-bond donors (Lipinski definition) is 1. The molecule has 1 atom stereocenters. The fourth-order valence-electron chi connectivity index (χ4n) is 4.36. The van der Waals surface area contributed by atoms with Gasteiger partial charge in [0.1, 0.15) is 0 Å². The number of likely N-dealkylation sites (N-methyl/N-ethyl adjacent to an activating group) is 1. The van der Waals surface area contributed by atoms with Gasteiger partial charge in [-0.25, -0.2) is 0 Å². The Morgan fingerprint density at radius 2 is 1.42 bits per heavy atom. The van der Waals surface area contributed by atoms with Crippen LogP contribution >= 0.6 is 0 Å². The van der Waals surface area contributed by atoms with Crippen molar-refractivity contribution in [1.82, 2.24) is 9.80 Å². The molecular weight excluding hydrogens is 386 g/mol. The smallest absolute Gasteiger partial charge is 0.237 e. The minimum atomic E-state index is -0.487. The maximum Gasteiger partial charge on any atom is 0.237 e. The molecule has 0 unspecified atom stereocenters. The summed E-state index contributed by atoms with van der Waals surface area (Å²) in [6, 6.07) is 27.3. The molecule has 5 nitrogen and oxygen atoms in total. The number of carbonyl (C=O) groups is 2. The molecule has 3 aromatic carbocycles. The minimum absolute atomic E-state index is 0.0525. The van der Waals surface area contributed by atoms with Gasteiger partial charge in [0, 0.05) is 13.6 Å². The van der Waals surface area contributed by atoms with Crippen molar-refractivity contribution in [3.63, 3.8) is 0 Å². The minimum Gasteiger partial charge on any atom is -0.368 e. The predicted octanol–water partition coefficient (Wildman–Crippen LogP) is 3.15. The summed E-state index contributed by atoms with van der Waals surface area (Å²) in [4.78, 5) is 29.2. The first-order valence-corrected chi connectivity index (χ1v) is 10.5. The topological polar surface area (TPSA) is 66.6 Å². The Bertz CT molecular complexity index is 1010. The molecule has 1 heterocycles. The molecule has 0 radical (unpaired) electrons. The van der Waals surface area contributed by atoms with Crippen LogP contribution < -0.4 is 5.73 Å². The Morgan fingerprint density at radius 1 is 0.903 bits per heavy atom. The molecule has 0 spiro atoms. The van der Waals surface area contributed by atoms with Gasteiger partial charge in [0.05, 0.1) is 18.6 Å². The van der Waals surface area contributed by atoms with E-state index in [4.69, 9.17) is 5.73 Å². The van der Waals surface area contributed by atoms with E-state index in [0.717, 1.165) is 22.3 Å². The highest BCUT2D eigenvalue weighted by Crippen LogP contribution is 2.29. The van der Waals surface area contributed by atoms with Crippen molar-refractivity contribution in [2.45, 2.75) is 25.0 Å². The molecule has 0 saturated carbocycles. The number of nitrogens with zero attached hydrogens (tertiary/aromatic N) is 2. The molecule has 0 aliphatic carbocycles. The second-order valence-electron chi connectivity index (χ2n) is 8.02. The average Bonchev–Trinajstić information content (AvgIpc) is 2.80. The van der Waals surface area contributed by atoms with Crippen molar-refractivity contribution in [3.8, 4) is 0 Å². The summed E-state index contributed by atoms with van der Waals surface area (Å²) < 4.78 is 0. The summed E-state index contributed by atoms with van der Waals surface area (Å²) >= 11 is 0. The molecule has 2 amide bonds. The van der Waals surface area contributed by atoms with Gasteiger partial charge in [0.2, 0.25) is 11.8 Å². The number of carbonyl (C=O) groups excluding carboxylic acids is 2. The summed E-state index contributed by atoms with van der Waals surface area (Å²) in [6.45, 7) is 0.666. The Kier molecular flexibility index (Phi) is 6.14. The molecule has 31 heavy (non-hydrogen) atoms. The zero-order chi connectivity index (χ0) is 21.8. The number of fused-ring (bicyclic) bond motifs is 1. The van der Waals surface area contributed by atoms with Crippen LogP contribution in [0.5, 0.6) is 0 Å². The van der Waals surface area contributed by atoms with Gasteiger partial charge in [-0.15, -0.1) is 0 Å². The first-order valence-electron chi connectivity index (χ1n) is 10.5. The van der Waals surface area contributed by atoms with Crippen molar-refractivity contribution in [2.24, 2.45) is 5.73 Å². The largest absolute Gasteiger partial charge is 0.368 e. The first-order chi connectivity index (χ1) is 15.0. The lowest BCUT2D eigenvalue weighted by molar-refractivity contribution is -0.135. The van der Waals surface area contributed by atoms with Crippen molar-refractivity contribution in [1.29, 1.82) is 0 Å². The Morgan fingerprint density at radius 3 is 1.97 bits per heavy atom. The second kappa shape index (κ2) is 9.14. The van der Waals surface area contributed by atoms with Crippen LogP contribution in [-0.2, 0) is 22.6 Å². The van der Waals surface area contributed by atoms with Gasteiger partial charge < -0.3 is 10.6 Å². The number of rotatable bonds is 6. The Labute approximate surface area is 183 Å². The van der Waals surface area contributed by atoms with E-state index in [1.54, 1.807) is 4.90 Å². The zero-order valence-corrected chi connectivity index (χ0v) is 17.6. The number of primary amides is 1. The highest BCUT2D eigenvalue weighted by atomic mass is 16.2. The first kappa shape index (κ1) is 20.8. The van der Waals surface area contributed by atoms with E-state index in [1.165, 1.54) is 0 Å². The van der Waals surface area contributed by atoms with Crippen molar-refractivity contribution < 1.29 is 9.59 Å². The van der Waals surface area contributed by atoms with Crippen LogP contribution in [0.15, 0.2) is 84.9 Å². The Balaban J connectivity index is 1.59. The van der Waals surface area contributed by atoms with Gasteiger partial charge in [-0.1, -0.05) is 84.9 Å². The maximum absolute atomic E-state index is 13.4. The summed E-state index contributed by atoms with van der Waals surface area (Å²) in [5.74, 6) is -0.448. The molecule has 1 aliphatic heterocycles. The normalized spacial score (nSPS) is 16.0. The molecule has 5 heteroatoms. The van der Waals surface area contributed by atoms with Gasteiger partial charge in [-0.05, 0) is 28.7 Å². The van der Waals surface area contributed by atoms with Crippen LogP contribution in [0.1, 0.15) is 28.3 Å². The van der Waals surface area contributed by atoms with Gasteiger partial charge in [-0.3, -0.25) is 14.5 Å². The zero-order valence-electron chi connectivity index (χ0n) is 17.6. The lowest BCUT2D eigenvalue weighted by Crippen LogP contribution is -2.52. The third kappa shape index (κ3) is 4.52. The van der Waals surface area contributed by atoms with E-state index < -0.39 is 11.9 Å². The van der Waals surface area contributed by atoms with Gasteiger partial charge >= 0.3 is 0 Å². The van der Waals surface area contributed by atoms with Crippen LogP contribution in [0.2, 0.25) is 0 Å². The lowest BCUT2D eigenvalue weighted by atomic mass is 9.93. The van der Waals surface area contributed by atoms with E-state index in [2.05, 4.69) is 0 Å². The standard InChI is InChI=1S/C26H27N3O2/c1-28(25(19-10-4-2-5-11-19)20-12-6-3-7-13-20)24(30)18-29-17-22-15-9-8-14-21(22)16-23(29)26(27)31/h2-15,23,25H,16-18H2,1H3,(H2,27,31)/t23-/m0/s1. The molecule has 0 aromatic heterocycles. The monoisotopic (exact) mass is 413 g/mol. The van der Waals surface area contributed by atoms with Crippen LogP contribution in [0, 0.1) is 0 Å². The molecule has 4 rings (SSSR count). The van der Waals surface area contributed by atoms with Gasteiger partial charge in [0.25, 0.3) is 0 Å². The summed E-state index contributed by atoms with van der Waals surface area (Å²) in [5.41, 5.74) is 10.0. The molecule has 0 bridgehead atoms. The fraction of sp³-hybridized carbons (Fsp3) is 0.231. The summed E-state index contributed by atoms with van der Waals surface area (Å²) in [6.07, 6.45) is 0.531. The number of nitrogens with two attached hydrogens (primary N) is 1. The molecule has 2 N–H and O–H groups in total. The van der Waals surface area contributed by atoms with Crippen LogP contribution in [-0.4, -0.2) is 41.2 Å². The van der Waals surface area contributed by atoms with E-state index in [9.17, 15) is 9.59 Å².